The first-order chi connectivity index (χ1) is 17.4. The summed E-state index contributed by atoms with van der Waals surface area (Å²) in [7, 11) is 0. The number of carbonyl (C=O) groups is 2. The molecule has 2 unspecified atom stereocenters. The van der Waals surface area contributed by atoms with Crippen molar-refractivity contribution in [2.75, 3.05) is 26.2 Å². The predicted molar refractivity (Wildman–Crippen MR) is 138 cm³/mol. The third-order valence-electron chi connectivity index (χ3n) is 6.77. The van der Waals surface area contributed by atoms with Crippen molar-refractivity contribution < 1.29 is 18.7 Å². The Morgan fingerprint density at radius 1 is 1.00 bits per heavy atom. The molecule has 0 aliphatic carbocycles. The number of carbonyl (C=O) groups excluding carboxylic acids is 2. The van der Waals surface area contributed by atoms with E-state index in [1.807, 2.05) is 9.80 Å². The number of aryl methyl sites for hydroxylation is 1. The average Bonchev–Trinajstić information content (AvgIpc) is 3.46. The van der Waals surface area contributed by atoms with Crippen molar-refractivity contribution in [1.82, 2.24) is 14.8 Å². The molecule has 2 saturated heterocycles. The molecule has 1 aromatic heterocycles. The smallest absolute Gasteiger partial charge is 0.253 e. The van der Waals surface area contributed by atoms with Crippen molar-refractivity contribution in [2.24, 2.45) is 11.8 Å². The van der Waals surface area contributed by atoms with E-state index in [1.165, 1.54) is 12.3 Å². The van der Waals surface area contributed by atoms with Gasteiger partial charge >= 0.3 is 0 Å². The summed E-state index contributed by atoms with van der Waals surface area (Å²) < 4.78 is 20.5. The van der Waals surface area contributed by atoms with Gasteiger partial charge in [0.25, 0.3) is 5.91 Å². The van der Waals surface area contributed by atoms with Crippen LogP contribution in [0.4, 0.5) is 4.39 Å². The lowest BCUT2D eigenvalue weighted by Gasteiger charge is -2.22. The Labute approximate surface area is 222 Å². The number of likely N-dealkylation sites (tertiary alicyclic amines) is 2. The quantitative estimate of drug-likeness (QED) is 0.386. The van der Waals surface area contributed by atoms with Crippen molar-refractivity contribution >= 4 is 39.3 Å². The molecule has 0 saturated carbocycles. The van der Waals surface area contributed by atoms with Gasteiger partial charge < -0.3 is 14.5 Å². The molecule has 6 nitrogen and oxygen atoms in total. The van der Waals surface area contributed by atoms with Crippen LogP contribution >= 0.6 is 27.5 Å². The Hall–Kier alpha value is -2.97. The van der Waals surface area contributed by atoms with Crippen LogP contribution in [0, 0.1) is 17.7 Å². The molecule has 9 heteroatoms. The molecule has 5 rings (SSSR count). The topological polar surface area (TPSA) is 62.7 Å². The Balaban J connectivity index is 1.12. The summed E-state index contributed by atoms with van der Waals surface area (Å²) in [6.07, 6.45) is 2.15. The summed E-state index contributed by atoms with van der Waals surface area (Å²) >= 11 is 9.19. The van der Waals surface area contributed by atoms with Crippen LogP contribution < -0.4 is 4.74 Å². The van der Waals surface area contributed by atoms with Crippen LogP contribution in [-0.2, 0) is 11.2 Å². The lowest BCUT2D eigenvalue weighted by Crippen LogP contribution is -2.35. The number of aromatic nitrogens is 1. The third-order valence-corrected chi connectivity index (χ3v) is 7.48. The van der Waals surface area contributed by atoms with E-state index >= 15 is 0 Å². The zero-order valence-electron chi connectivity index (χ0n) is 19.4. The molecule has 2 aromatic carbocycles. The van der Waals surface area contributed by atoms with Crippen LogP contribution in [-0.4, -0.2) is 52.8 Å². The number of ether oxygens (including phenoxy) is 1. The summed E-state index contributed by atoms with van der Waals surface area (Å²) in [5.74, 6) is 1.25. The lowest BCUT2D eigenvalue weighted by molar-refractivity contribution is -0.130. The van der Waals surface area contributed by atoms with Gasteiger partial charge in [0.2, 0.25) is 11.8 Å². The number of amides is 2. The van der Waals surface area contributed by atoms with E-state index in [-0.39, 0.29) is 35.9 Å². The molecular formula is C27H24BrClFN3O3. The molecule has 186 valence electrons. The first-order valence-electron chi connectivity index (χ1n) is 11.8. The highest BCUT2D eigenvalue weighted by atomic mass is 79.9. The minimum atomic E-state index is -0.292. The number of hydrogen-bond acceptors (Lipinski definition) is 4. The number of hydrogen-bond donors (Lipinski definition) is 0. The second kappa shape index (κ2) is 10.6. The Morgan fingerprint density at radius 3 is 2.36 bits per heavy atom. The van der Waals surface area contributed by atoms with Gasteiger partial charge in [-0.25, -0.2) is 9.37 Å². The maximum Gasteiger partial charge on any atom is 0.253 e. The van der Waals surface area contributed by atoms with Crippen LogP contribution in [0.3, 0.4) is 0 Å². The van der Waals surface area contributed by atoms with Crippen molar-refractivity contribution in [1.29, 1.82) is 0 Å². The van der Waals surface area contributed by atoms with Gasteiger partial charge in [-0.15, -0.1) is 0 Å². The molecular weight excluding hydrogens is 549 g/mol. The molecule has 0 spiro atoms. The molecule has 36 heavy (non-hydrogen) atoms. The van der Waals surface area contributed by atoms with Gasteiger partial charge in [-0.05, 0) is 60.5 Å². The van der Waals surface area contributed by atoms with Gasteiger partial charge in [0.1, 0.15) is 11.6 Å². The van der Waals surface area contributed by atoms with Crippen LogP contribution in [0.5, 0.6) is 11.6 Å². The Morgan fingerprint density at radius 2 is 1.69 bits per heavy atom. The van der Waals surface area contributed by atoms with E-state index in [9.17, 15) is 14.0 Å². The second-order valence-corrected chi connectivity index (χ2v) is 10.6. The number of halogens is 3. The van der Waals surface area contributed by atoms with E-state index in [2.05, 4.69) is 20.9 Å². The highest BCUT2D eigenvalue weighted by Gasteiger charge is 2.42. The molecule has 2 aliphatic heterocycles. The summed E-state index contributed by atoms with van der Waals surface area (Å²) in [4.78, 5) is 33.6. The zero-order chi connectivity index (χ0) is 25.2. The van der Waals surface area contributed by atoms with E-state index in [4.69, 9.17) is 16.3 Å². The first kappa shape index (κ1) is 24.7. The van der Waals surface area contributed by atoms with E-state index in [1.54, 1.807) is 48.5 Å². The predicted octanol–water partition coefficient (Wildman–Crippen LogP) is 5.59. The number of benzene rings is 2. The standard InChI is InChI=1S/C27H24BrClFN3O3/c28-21-4-8-24(30)18(11-21)3-10-26(34)32-13-19-15-33(16-20(19)14-32)27(35)17-1-6-23(7-2-17)36-25-9-5-22(29)12-31-25/h1-2,4-9,11-12,19-20H,3,10,13-16H2. The minimum absolute atomic E-state index is 0.0245. The SMILES string of the molecule is O=C(CCc1cc(Br)ccc1F)N1CC2CN(C(=O)c3ccc(Oc4ccc(Cl)cn4)cc3)CC2C1. The Bertz CT molecular complexity index is 1260. The van der Waals surface area contributed by atoms with Crippen molar-refractivity contribution in [2.45, 2.75) is 12.8 Å². The number of pyridine rings is 1. The summed E-state index contributed by atoms with van der Waals surface area (Å²) in [5, 5.41) is 0.530. The largest absolute Gasteiger partial charge is 0.439 e. The monoisotopic (exact) mass is 571 g/mol. The first-order valence-corrected chi connectivity index (χ1v) is 12.9. The van der Waals surface area contributed by atoms with Crippen molar-refractivity contribution in [3.8, 4) is 11.6 Å². The maximum atomic E-state index is 14.0. The van der Waals surface area contributed by atoms with Crippen LogP contribution in [0.15, 0.2) is 65.3 Å². The van der Waals surface area contributed by atoms with E-state index < -0.39 is 0 Å². The molecule has 0 N–H and O–H groups in total. The van der Waals surface area contributed by atoms with Crippen molar-refractivity contribution in [3.63, 3.8) is 0 Å². The van der Waals surface area contributed by atoms with Crippen LogP contribution in [0.2, 0.25) is 5.02 Å². The fourth-order valence-electron chi connectivity index (χ4n) is 4.89. The summed E-state index contributed by atoms with van der Waals surface area (Å²) in [6.45, 7) is 2.52. The average molecular weight is 573 g/mol. The highest BCUT2D eigenvalue weighted by molar-refractivity contribution is 9.10. The van der Waals surface area contributed by atoms with Crippen LogP contribution in [0.25, 0.3) is 0 Å². The fourth-order valence-corrected chi connectivity index (χ4v) is 5.41. The molecule has 2 amide bonds. The fraction of sp³-hybridized carbons (Fsp3) is 0.296. The van der Waals surface area contributed by atoms with Crippen molar-refractivity contribution in [3.05, 3.63) is 87.2 Å². The van der Waals surface area contributed by atoms with Crippen LogP contribution in [0.1, 0.15) is 22.3 Å². The molecule has 0 bridgehead atoms. The maximum absolute atomic E-state index is 14.0. The molecule has 3 heterocycles. The molecule has 2 atom stereocenters. The molecule has 0 radical (unpaired) electrons. The van der Waals surface area contributed by atoms with Gasteiger partial charge in [0.15, 0.2) is 0 Å². The van der Waals surface area contributed by atoms with Gasteiger partial charge in [-0.1, -0.05) is 27.5 Å². The summed E-state index contributed by atoms with van der Waals surface area (Å²) in [6, 6.07) is 15.1. The molecule has 3 aromatic rings. The normalized spacial score (nSPS) is 18.9. The minimum Gasteiger partial charge on any atom is -0.439 e. The number of fused-ring (bicyclic) bond motifs is 1. The second-order valence-electron chi connectivity index (χ2n) is 9.21. The van der Waals surface area contributed by atoms with Gasteiger partial charge in [0.05, 0.1) is 5.02 Å². The Kier molecular flexibility index (Phi) is 7.25. The highest BCUT2D eigenvalue weighted by Crippen LogP contribution is 2.33. The summed E-state index contributed by atoms with van der Waals surface area (Å²) in [5.41, 5.74) is 1.13. The van der Waals surface area contributed by atoms with E-state index in [0.29, 0.717) is 60.4 Å². The third kappa shape index (κ3) is 5.55. The molecule has 2 aliphatic rings. The number of rotatable bonds is 6. The van der Waals surface area contributed by atoms with Gasteiger partial charge in [-0.3, -0.25) is 9.59 Å². The van der Waals surface area contributed by atoms with Gasteiger partial charge in [0, 0.05) is 66.7 Å². The van der Waals surface area contributed by atoms with Gasteiger partial charge in [-0.2, -0.15) is 0 Å². The molecule has 2 fully saturated rings. The zero-order valence-corrected chi connectivity index (χ0v) is 21.7. The van der Waals surface area contributed by atoms with E-state index in [0.717, 1.165) is 4.47 Å². The number of nitrogens with zero attached hydrogens (tertiary/aromatic N) is 3. The lowest BCUT2D eigenvalue weighted by atomic mass is 10.0.